The molecule has 178 valence electrons. The summed E-state index contributed by atoms with van der Waals surface area (Å²) in [4.78, 5) is 25.4. The smallest absolute Gasteiger partial charge is 0.336 e. The van der Waals surface area contributed by atoms with Gasteiger partial charge in [0, 0.05) is 30.6 Å². The summed E-state index contributed by atoms with van der Waals surface area (Å²) in [5.41, 5.74) is 1.39. The van der Waals surface area contributed by atoms with Crippen molar-refractivity contribution in [3.8, 4) is 5.75 Å². The van der Waals surface area contributed by atoms with E-state index in [9.17, 15) is 30.0 Å². The summed E-state index contributed by atoms with van der Waals surface area (Å²) in [5.74, 6) is -0.160. The van der Waals surface area contributed by atoms with E-state index in [1.807, 2.05) is 6.92 Å². The highest BCUT2D eigenvalue weighted by Crippen LogP contribution is 2.29. The summed E-state index contributed by atoms with van der Waals surface area (Å²) in [7, 11) is 1.37. The first-order valence-corrected chi connectivity index (χ1v) is 10.4. The van der Waals surface area contributed by atoms with Gasteiger partial charge >= 0.3 is 5.63 Å². The summed E-state index contributed by atoms with van der Waals surface area (Å²) < 4.78 is 10.9. The van der Waals surface area contributed by atoms with E-state index >= 15 is 0 Å². The van der Waals surface area contributed by atoms with Crippen LogP contribution in [0.3, 0.4) is 0 Å². The average molecular weight is 453 g/mol. The van der Waals surface area contributed by atoms with Crippen molar-refractivity contribution < 1.29 is 39.5 Å². The van der Waals surface area contributed by atoms with Gasteiger partial charge in [0.1, 0.15) is 35.7 Å². The zero-order valence-corrected chi connectivity index (χ0v) is 18.4. The molecule has 0 saturated heterocycles. The van der Waals surface area contributed by atoms with E-state index in [-0.39, 0.29) is 13.2 Å². The molecule has 5 N–H and O–H groups in total. The monoisotopic (exact) mass is 453 g/mol. The normalized spacial score (nSPS) is 15.2. The molecule has 1 aromatic carbocycles. The molecule has 0 aliphatic carbocycles. The maximum Gasteiger partial charge on any atom is 0.336 e. The molecule has 1 aromatic heterocycles. The van der Waals surface area contributed by atoms with Gasteiger partial charge < -0.3 is 39.6 Å². The van der Waals surface area contributed by atoms with E-state index in [2.05, 4.69) is 0 Å². The first kappa shape index (κ1) is 25.8. The van der Waals surface area contributed by atoms with Crippen molar-refractivity contribution in [1.29, 1.82) is 0 Å². The molecule has 10 heteroatoms. The van der Waals surface area contributed by atoms with Gasteiger partial charge in [0.05, 0.1) is 6.61 Å². The Labute approximate surface area is 185 Å². The van der Waals surface area contributed by atoms with Crippen LogP contribution in [0.15, 0.2) is 27.4 Å². The predicted molar refractivity (Wildman–Crippen MR) is 115 cm³/mol. The van der Waals surface area contributed by atoms with Gasteiger partial charge in [-0.3, -0.25) is 4.79 Å². The minimum Gasteiger partial charge on any atom is -0.483 e. The number of carbonyl (C=O) groups is 1. The highest BCUT2D eigenvalue weighted by atomic mass is 16.5. The maximum absolute atomic E-state index is 12.4. The van der Waals surface area contributed by atoms with Crippen molar-refractivity contribution in [3.63, 3.8) is 0 Å². The third-order valence-electron chi connectivity index (χ3n) is 5.28. The highest BCUT2D eigenvalue weighted by molar-refractivity contribution is 5.85. The number of carbonyl (C=O) groups excluding carboxylic acids is 1. The number of likely N-dealkylation sites (N-methyl/N-ethyl adjacent to an activating group) is 1. The van der Waals surface area contributed by atoms with Gasteiger partial charge in [0.25, 0.3) is 5.91 Å². The molecule has 0 aliphatic rings. The quantitative estimate of drug-likeness (QED) is 0.278. The van der Waals surface area contributed by atoms with E-state index in [0.29, 0.717) is 16.9 Å². The van der Waals surface area contributed by atoms with Crippen molar-refractivity contribution in [3.05, 3.63) is 39.7 Å². The van der Waals surface area contributed by atoms with Gasteiger partial charge in [-0.05, 0) is 31.0 Å². The topological polar surface area (TPSA) is 161 Å². The molecule has 32 heavy (non-hydrogen) atoms. The van der Waals surface area contributed by atoms with Crippen LogP contribution in [0, 0.1) is 6.92 Å². The Bertz CT molecular complexity index is 974. The molecule has 0 saturated carbocycles. The SMILES string of the molecule is CCCc1cc(=O)oc2c(C)c(OCC(=O)N(C)CC(O)C(O)C(O)C(O)CO)ccc12. The second kappa shape index (κ2) is 11.4. The highest BCUT2D eigenvalue weighted by Gasteiger charge is 2.31. The van der Waals surface area contributed by atoms with Crippen LogP contribution in [0.25, 0.3) is 11.0 Å². The minimum atomic E-state index is -1.78. The lowest BCUT2D eigenvalue weighted by Gasteiger charge is -2.28. The van der Waals surface area contributed by atoms with Gasteiger partial charge in [0.15, 0.2) is 6.61 Å². The number of benzene rings is 1. The van der Waals surface area contributed by atoms with E-state index in [1.165, 1.54) is 13.1 Å². The Morgan fingerprint density at radius 2 is 1.81 bits per heavy atom. The number of nitrogens with zero attached hydrogens (tertiary/aromatic N) is 1. The number of aryl methyl sites for hydroxylation is 2. The van der Waals surface area contributed by atoms with Crippen LogP contribution in [0.1, 0.15) is 24.5 Å². The van der Waals surface area contributed by atoms with Gasteiger partial charge in [-0.2, -0.15) is 0 Å². The molecule has 0 bridgehead atoms. The molecule has 0 radical (unpaired) electrons. The average Bonchev–Trinajstić information content (AvgIpc) is 2.77. The number of hydrogen-bond acceptors (Lipinski definition) is 9. The first-order valence-electron chi connectivity index (χ1n) is 10.4. The minimum absolute atomic E-state index is 0.343. The molecule has 4 unspecified atom stereocenters. The largest absolute Gasteiger partial charge is 0.483 e. The fourth-order valence-electron chi connectivity index (χ4n) is 3.34. The van der Waals surface area contributed by atoms with Gasteiger partial charge in [0.2, 0.25) is 0 Å². The zero-order chi connectivity index (χ0) is 24.0. The number of aliphatic hydroxyl groups excluding tert-OH is 5. The summed E-state index contributed by atoms with van der Waals surface area (Å²) in [6, 6.07) is 4.93. The van der Waals surface area contributed by atoms with Crippen LogP contribution in [0.2, 0.25) is 0 Å². The molecule has 0 aliphatic heterocycles. The van der Waals surface area contributed by atoms with Crippen molar-refractivity contribution in [2.75, 3.05) is 26.8 Å². The molecule has 2 rings (SSSR count). The summed E-state index contributed by atoms with van der Waals surface area (Å²) >= 11 is 0. The Morgan fingerprint density at radius 1 is 1.16 bits per heavy atom. The number of fused-ring (bicyclic) bond motifs is 1. The van der Waals surface area contributed by atoms with Crippen molar-refractivity contribution in [2.24, 2.45) is 0 Å². The van der Waals surface area contributed by atoms with E-state index in [1.54, 1.807) is 19.1 Å². The molecule has 0 fully saturated rings. The lowest BCUT2D eigenvalue weighted by molar-refractivity contribution is -0.139. The van der Waals surface area contributed by atoms with Crippen molar-refractivity contribution >= 4 is 16.9 Å². The van der Waals surface area contributed by atoms with Crippen molar-refractivity contribution in [1.82, 2.24) is 4.90 Å². The molecule has 0 spiro atoms. The Hall–Kier alpha value is -2.50. The number of amides is 1. The first-order chi connectivity index (χ1) is 15.1. The lowest BCUT2D eigenvalue weighted by Crippen LogP contribution is -2.50. The van der Waals surface area contributed by atoms with E-state index in [0.717, 1.165) is 28.7 Å². The predicted octanol–water partition coefficient (Wildman–Crippen LogP) is -0.673. The zero-order valence-electron chi connectivity index (χ0n) is 18.4. The third kappa shape index (κ3) is 6.05. The maximum atomic E-state index is 12.4. The molecule has 1 amide bonds. The second-order valence-electron chi connectivity index (χ2n) is 7.77. The van der Waals surface area contributed by atoms with E-state index in [4.69, 9.17) is 14.3 Å². The van der Waals surface area contributed by atoms with E-state index < -0.39 is 42.6 Å². The van der Waals surface area contributed by atoms with Gasteiger partial charge in [-0.1, -0.05) is 13.3 Å². The van der Waals surface area contributed by atoms with Crippen LogP contribution in [-0.4, -0.2) is 87.6 Å². The third-order valence-corrected chi connectivity index (χ3v) is 5.28. The molecule has 10 nitrogen and oxygen atoms in total. The molecule has 2 aromatic rings. The van der Waals surface area contributed by atoms with Crippen LogP contribution in [0.4, 0.5) is 0 Å². The summed E-state index contributed by atoms with van der Waals surface area (Å²) in [6.45, 7) is 2.21. The fraction of sp³-hybridized carbons (Fsp3) is 0.545. The van der Waals surface area contributed by atoms with Crippen LogP contribution in [0.5, 0.6) is 5.75 Å². The Kier molecular flexibility index (Phi) is 9.17. The second-order valence-corrected chi connectivity index (χ2v) is 7.77. The molecular formula is C22H31NO9. The van der Waals surface area contributed by atoms with Crippen LogP contribution < -0.4 is 10.4 Å². The van der Waals surface area contributed by atoms with Gasteiger partial charge in [-0.25, -0.2) is 4.79 Å². The lowest BCUT2D eigenvalue weighted by atomic mass is 10.0. The fourth-order valence-corrected chi connectivity index (χ4v) is 3.34. The number of hydrogen-bond donors (Lipinski definition) is 5. The molecular weight excluding hydrogens is 422 g/mol. The Morgan fingerprint density at radius 3 is 2.44 bits per heavy atom. The summed E-state index contributed by atoms with van der Waals surface area (Å²) in [6.07, 6.45) is -5.14. The van der Waals surface area contributed by atoms with Gasteiger partial charge in [-0.15, -0.1) is 0 Å². The number of ether oxygens (including phenoxy) is 1. The van der Waals surface area contributed by atoms with Crippen LogP contribution >= 0.6 is 0 Å². The number of aliphatic hydroxyl groups is 5. The number of rotatable bonds is 11. The molecule has 4 atom stereocenters. The van der Waals surface area contributed by atoms with Crippen molar-refractivity contribution in [2.45, 2.75) is 51.1 Å². The molecule has 1 heterocycles. The Balaban J connectivity index is 2.05. The standard InChI is InChI=1S/C22H31NO9/c1-4-5-13-8-19(28)32-22-12(2)17(7-6-14(13)22)31-11-18(27)23(3)9-15(25)20(29)21(30)16(26)10-24/h6-8,15-16,20-21,24-26,29-30H,4-5,9-11H2,1-3H3. The van der Waals surface area contributed by atoms with Crippen LogP contribution in [-0.2, 0) is 11.2 Å². The summed E-state index contributed by atoms with van der Waals surface area (Å²) in [5, 5.41) is 48.6.